The molecule has 0 spiro atoms. The Morgan fingerprint density at radius 3 is 2.80 bits per heavy atom. The van der Waals surface area contributed by atoms with E-state index in [4.69, 9.17) is 9.84 Å². The van der Waals surface area contributed by atoms with E-state index in [-0.39, 0.29) is 17.4 Å². The van der Waals surface area contributed by atoms with Gasteiger partial charge in [-0.2, -0.15) is 9.61 Å². The Morgan fingerprint density at radius 1 is 1.23 bits per heavy atom. The molecular formula is C20H26N8O2. The van der Waals surface area contributed by atoms with Crippen molar-refractivity contribution in [2.75, 3.05) is 31.6 Å². The first-order valence-electron chi connectivity index (χ1n) is 10.3. The Balaban J connectivity index is 1.30. The van der Waals surface area contributed by atoms with Gasteiger partial charge in [0.1, 0.15) is 11.4 Å². The fourth-order valence-electron chi connectivity index (χ4n) is 3.87. The van der Waals surface area contributed by atoms with Crippen molar-refractivity contribution in [3.8, 4) is 5.88 Å². The number of carbonyl (C=O) groups excluding carboxylic acids is 1. The fraction of sp³-hybridized carbons (Fsp3) is 0.550. The number of hydrogen-bond donors (Lipinski definition) is 0. The van der Waals surface area contributed by atoms with Crippen molar-refractivity contribution in [2.45, 2.75) is 45.2 Å². The van der Waals surface area contributed by atoms with E-state index in [1.807, 2.05) is 23.7 Å². The predicted molar refractivity (Wildman–Crippen MR) is 110 cm³/mol. The molecule has 5 rings (SSSR count). The Kier molecular flexibility index (Phi) is 4.19. The molecule has 0 saturated carbocycles. The van der Waals surface area contributed by atoms with Gasteiger partial charge in [0.25, 0.3) is 5.91 Å². The third kappa shape index (κ3) is 2.98. The highest BCUT2D eigenvalue weighted by molar-refractivity contribution is 5.96. The summed E-state index contributed by atoms with van der Waals surface area (Å²) >= 11 is 0. The molecule has 0 aliphatic carbocycles. The number of rotatable bonds is 3. The minimum absolute atomic E-state index is 0.0555. The lowest BCUT2D eigenvalue weighted by Crippen LogP contribution is -2.60. The summed E-state index contributed by atoms with van der Waals surface area (Å²) in [5.74, 6) is 2.22. The molecule has 1 amide bonds. The molecular weight excluding hydrogens is 384 g/mol. The van der Waals surface area contributed by atoms with Crippen LogP contribution in [-0.4, -0.2) is 73.2 Å². The van der Waals surface area contributed by atoms with Crippen LogP contribution in [0.2, 0.25) is 0 Å². The van der Waals surface area contributed by atoms with Gasteiger partial charge in [-0.3, -0.25) is 4.79 Å². The normalized spacial score (nSPS) is 16.9. The van der Waals surface area contributed by atoms with Gasteiger partial charge < -0.3 is 14.5 Å². The van der Waals surface area contributed by atoms with Gasteiger partial charge in [0.2, 0.25) is 5.88 Å². The molecule has 0 N–H and O–H groups in total. The Hall–Kier alpha value is -3.17. The second kappa shape index (κ2) is 6.68. The molecule has 5 heterocycles. The number of ether oxygens (including phenoxy) is 1. The van der Waals surface area contributed by atoms with E-state index in [1.165, 1.54) is 0 Å². The van der Waals surface area contributed by atoms with E-state index in [0.717, 1.165) is 43.3 Å². The monoisotopic (exact) mass is 410 g/mol. The summed E-state index contributed by atoms with van der Waals surface area (Å²) in [5.41, 5.74) is 1.12. The summed E-state index contributed by atoms with van der Waals surface area (Å²) in [5, 5.41) is 17.6. The van der Waals surface area contributed by atoms with Crippen molar-refractivity contribution >= 4 is 17.4 Å². The zero-order chi connectivity index (χ0) is 21.0. The van der Waals surface area contributed by atoms with Crippen LogP contribution in [0.5, 0.6) is 5.88 Å². The topological polar surface area (TPSA) is 93.7 Å². The lowest BCUT2D eigenvalue weighted by Gasteiger charge is -2.44. The zero-order valence-electron chi connectivity index (χ0n) is 17.7. The first kappa shape index (κ1) is 18.8. The number of nitrogens with zero attached hydrogens (tertiary/aromatic N) is 8. The molecule has 0 bridgehead atoms. The van der Waals surface area contributed by atoms with Crippen LogP contribution in [0.4, 0.5) is 5.82 Å². The molecule has 2 aliphatic heterocycles. The number of likely N-dealkylation sites (N-methyl/N-ethyl adjacent to an activating group) is 1. The van der Waals surface area contributed by atoms with Crippen LogP contribution in [0.25, 0.3) is 5.65 Å². The van der Waals surface area contributed by atoms with Gasteiger partial charge in [0.05, 0.1) is 18.8 Å². The molecule has 0 aromatic carbocycles. The smallest absolute Gasteiger partial charge is 0.261 e. The van der Waals surface area contributed by atoms with Gasteiger partial charge in [-0.15, -0.1) is 15.3 Å². The summed E-state index contributed by atoms with van der Waals surface area (Å²) in [6, 6.07) is 4.00. The highest BCUT2D eigenvalue weighted by atomic mass is 16.5. The van der Waals surface area contributed by atoms with Gasteiger partial charge >= 0.3 is 0 Å². The maximum atomic E-state index is 13.0. The molecule has 3 aromatic heterocycles. The molecule has 1 saturated heterocycles. The van der Waals surface area contributed by atoms with Gasteiger partial charge in [-0.25, -0.2) is 4.68 Å². The van der Waals surface area contributed by atoms with E-state index >= 15 is 0 Å². The van der Waals surface area contributed by atoms with Crippen molar-refractivity contribution in [3.63, 3.8) is 0 Å². The van der Waals surface area contributed by atoms with Crippen LogP contribution in [0.15, 0.2) is 18.3 Å². The third-order valence-corrected chi connectivity index (χ3v) is 5.75. The van der Waals surface area contributed by atoms with Crippen molar-refractivity contribution in [3.05, 3.63) is 29.7 Å². The number of amides is 1. The van der Waals surface area contributed by atoms with Crippen LogP contribution in [0.3, 0.4) is 0 Å². The van der Waals surface area contributed by atoms with Crippen LogP contribution in [0, 0.1) is 0 Å². The Bertz CT molecular complexity index is 1110. The lowest BCUT2D eigenvalue weighted by atomic mass is 9.96. The summed E-state index contributed by atoms with van der Waals surface area (Å²) in [4.78, 5) is 16.9. The van der Waals surface area contributed by atoms with Gasteiger partial charge in [-0.1, -0.05) is 20.8 Å². The highest BCUT2D eigenvalue weighted by Gasteiger charge is 2.36. The summed E-state index contributed by atoms with van der Waals surface area (Å²) in [6.45, 7) is 9.14. The molecule has 10 nitrogen and oxygen atoms in total. The van der Waals surface area contributed by atoms with E-state index in [0.29, 0.717) is 18.1 Å². The first-order valence-corrected chi connectivity index (χ1v) is 10.3. The number of hydrogen-bond acceptors (Lipinski definition) is 7. The maximum Gasteiger partial charge on any atom is 0.261 e. The van der Waals surface area contributed by atoms with Crippen LogP contribution >= 0.6 is 0 Å². The fourth-order valence-corrected chi connectivity index (χ4v) is 3.87. The first-order chi connectivity index (χ1) is 14.3. The van der Waals surface area contributed by atoms with Crippen LogP contribution in [0.1, 0.15) is 43.4 Å². The lowest BCUT2D eigenvalue weighted by molar-refractivity contribution is 0.0698. The number of anilines is 1. The average molecular weight is 410 g/mol. The molecule has 0 radical (unpaired) electrons. The standard InChI is InChI=1S/C20H26N8O2/c1-20(2,3)19-23-22-15-6-7-16(24-28(15)19)26-11-13(12-26)25(4)17(29)14-10-21-27-8-5-9-30-18(14)27/h6-7,10,13H,5,8-9,11-12H2,1-4H3. The van der Waals surface area contributed by atoms with Crippen molar-refractivity contribution in [1.29, 1.82) is 0 Å². The molecule has 30 heavy (non-hydrogen) atoms. The summed E-state index contributed by atoms with van der Waals surface area (Å²) in [7, 11) is 1.84. The van der Waals surface area contributed by atoms with Gasteiger partial charge in [0.15, 0.2) is 11.5 Å². The van der Waals surface area contributed by atoms with Crippen molar-refractivity contribution in [2.24, 2.45) is 0 Å². The second-order valence-corrected chi connectivity index (χ2v) is 9.00. The van der Waals surface area contributed by atoms with Gasteiger partial charge in [0, 0.05) is 38.5 Å². The SMILES string of the molecule is CN(C(=O)c1cnn2c1OCCC2)C1CN(c2ccc3nnc(C(C)(C)C)n3n2)C1. The average Bonchev–Trinajstić information content (AvgIpc) is 3.29. The number of aromatic nitrogens is 6. The Labute approximate surface area is 174 Å². The molecule has 1 fully saturated rings. The van der Waals surface area contributed by atoms with Crippen LogP contribution < -0.4 is 9.64 Å². The number of fused-ring (bicyclic) bond motifs is 2. The summed E-state index contributed by atoms with van der Waals surface area (Å²) < 4.78 is 9.26. The molecule has 2 aliphatic rings. The van der Waals surface area contributed by atoms with E-state index in [2.05, 4.69) is 41.0 Å². The number of carbonyl (C=O) groups is 1. The summed E-state index contributed by atoms with van der Waals surface area (Å²) in [6.07, 6.45) is 2.53. The Morgan fingerprint density at radius 2 is 2.03 bits per heavy atom. The number of aryl methyl sites for hydroxylation is 1. The molecule has 10 heteroatoms. The minimum atomic E-state index is -0.151. The van der Waals surface area contributed by atoms with E-state index in [9.17, 15) is 4.79 Å². The maximum absolute atomic E-state index is 13.0. The van der Waals surface area contributed by atoms with E-state index in [1.54, 1.807) is 15.8 Å². The van der Waals surface area contributed by atoms with Crippen molar-refractivity contribution in [1.82, 2.24) is 34.5 Å². The second-order valence-electron chi connectivity index (χ2n) is 9.00. The minimum Gasteiger partial charge on any atom is -0.477 e. The molecule has 158 valence electrons. The van der Waals surface area contributed by atoms with Crippen LogP contribution in [-0.2, 0) is 12.0 Å². The largest absolute Gasteiger partial charge is 0.477 e. The molecule has 3 aromatic rings. The van der Waals surface area contributed by atoms with Crippen molar-refractivity contribution < 1.29 is 9.53 Å². The third-order valence-electron chi connectivity index (χ3n) is 5.75. The highest BCUT2D eigenvalue weighted by Crippen LogP contribution is 2.27. The zero-order valence-corrected chi connectivity index (χ0v) is 17.7. The van der Waals surface area contributed by atoms with Gasteiger partial charge in [-0.05, 0) is 12.1 Å². The quantitative estimate of drug-likeness (QED) is 0.644. The van der Waals surface area contributed by atoms with E-state index < -0.39 is 0 Å². The molecule has 0 atom stereocenters. The predicted octanol–water partition coefficient (Wildman–Crippen LogP) is 1.36. The molecule has 0 unspecified atom stereocenters.